The second-order valence-corrected chi connectivity index (χ2v) is 4.53. The summed E-state index contributed by atoms with van der Waals surface area (Å²) in [5.41, 5.74) is 1.41. The molecule has 1 N–H and O–H groups in total. The molecule has 20 heavy (non-hydrogen) atoms. The van der Waals surface area contributed by atoms with Crippen molar-refractivity contribution in [1.29, 1.82) is 0 Å². The highest BCUT2D eigenvalue weighted by Crippen LogP contribution is 2.14. The van der Waals surface area contributed by atoms with Gasteiger partial charge in [0.25, 0.3) is 5.91 Å². The Kier molecular flexibility index (Phi) is 4.96. The number of nitrogens with one attached hydrogen (secondary N) is 1. The van der Waals surface area contributed by atoms with E-state index in [1.807, 2.05) is 19.1 Å². The van der Waals surface area contributed by atoms with E-state index < -0.39 is 0 Å². The summed E-state index contributed by atoms with van der Waals surface area (Å²) in [6, 6.07) is 10.4. The fourth-order valence-corrected chi connectivity index (χ4v) is 1.83. The fraction of sp³-hybridized carbons (Fsp3) is 0.200. The molecule has 1 heterocycles. The Morgan fingerprint density at radius 3 is 2.75 bits per heavy atom. The van der Waals surface area contributed by atoms with Gasteiger partial charge in [0.1, 0.15) is 0 Å². The number of carbonyl (C=O) groups excluding carboxylic acids is 1. The molecule has 0 saturated heterocycles. The zero-order chi connectivity index (χ0) is 14.4. The van der Waals surface area contributed by atoms with Gasteiger partial charge in [-0.3, -0.25) is 4.79 Å². The molecule has 0 spiro atoms. The molecule has 0 aliphatic heterocycles. The number of amides is 1. The number of carbonyl (C=O) groups is 1. The summed E-state index contributed by atoms with van der Waals surface area (Å²) in [4.78, 5) is 16.1. The Morgan fingerprint density at radius 2 is 2.05 bits per heavy atom. The quantitative estimate of drug-likeness (QED) is 0.921. The van der Waals surface area contributed by atoms with Crippen molar-refractivity contribution < 1.29 is 9.53 Å². The van der Waals surface area contributed by atoms with Gasteiger partial charge in [-0.2, -0.15) is 0 Å². The van der Waals surface area contributed by atoms with E-state index in [2.05, 4.69) is 10.3 Å². The molecule has 0 radical (unpaired) electrons. The summed E-state index contributed by atoms with van der Waals surface area (Å²) in [7, 11) is 0. The van der Waals surface area contributed by atoms with Crippen LogP contribution in [0.2, 0.25) is 5.02 Å². The maximum absolute atomic E-state index is 12.0. The van der Waals surface area contributed by atoms with Crippen molar-refractivity contribution in [2.45, 2.75) is 13.5 Å². The van der Waals surface area contributed by atoms with Crippen LogP contribution in [0.15, 0.2) is 42.6 Å². The Bertz CT molecular complexity index is 585. The standard InChI is InChI=1S/C15H15ClN2O2/c1-2-20-15-12(4-3-9-17-15)10-18-14(19)11-5-7-13(16)8-6-11/h3-9H,2,10H2,1H3,(H,18,19). The first-order valence-corrected chi connectivity index (χ1v) is 6.69. The number of ether oxygens (including phenoxy) is 1. The van der Waals surface area contributed by atoms with Gasteiger partial charge in [-0.25, -0.2) is 4.98 Å². The molecule has 5 heteroatoms. The van der Waals surface area contributed by atoms with E-state index in [4.69, 9.17) is 16.3 Å². The van der Waals surface area contributed by atoms with Crippen LogP contribution in [-0.4, -0.2) is 17.5 Å². The number of hydrogen-bond donors (Lipinski definition) is 1. The van der Waals surface area contributed by atoms with Crippen LogP contribution in [-0.2, 0) is 6.54 Å². The molecule has 0 atom stereocenters. The predicted molar refractivity (Wildman–Crippen MR) is 78.0 cm³/mol. The Labute approximate surface area is 122 Å². The molecule has 2 aromatic rings. The van der Waals surface area contributed by atoms with Gasteiger partial charge in [-0.05, 0) is 37.3 Å². The smallest absolute Gasteiger partial charge is 0.251 e. The van der Waals surface area contributed by atoms with Crippen LogP contribution in [0.25, 0.3) is 0 Å². The molecular formula is C15H15ClN2O2. The van der Waals surface area contributed by atoms with Crippen molar-refractivity contribution >= 4 is 17.5 Å². The average Bonchev–Trinajstić information content (AvgIpc) is 2.47. The third-order valence-electron chi connectivity index (χ3n) is 2.68. The Balaban J connectivity index is 2.01. The summed E-state index contributed by atoms with van der Waals surface area (Å²) in [5.74, 6) is 0.388. The van der Waals surface area contributed by atoms with Crippen molar-refractivity contribution in [3.05, 3.63) is 58.7 Å². The Morgan fingerprint density at radius 1 is 1.30 bits per heavy atom. The van der Waals surface area contributed by atoms with Gasteiger partial charge in [0.15, 0.2) is 0 Å². The number of nitrogens with zero attached hydrogens (tertiary/aromatic N) is 1. The molecule has 0 bridgehead atoms. The highest BCUT2D eigenvalue weighted by Gasteiger charge is 2.08. The van der Waals surface area contributed by atoms with Crippen LogP contribution in [0.3, 0.4) is 0 Å². The summed E-state index contributed by atoms with van der Waals surface area (Å²) >= 11 is 5.79. The third-order valence-corrected chi connectivity index (χ3v) is 2.93. The number of halogens is 1. The van der Waals surface area contributed by atoms with Gasteiger partial charge in [0.2, 0.25) is 5.88 Å². The lowest BCUT2D eigenvalue weighted by Crippen LogP contribution is -2.23. The fourth-order valence-electron chi connectivity index (χ4n) is 1.70. The molecule has 104 valence electrons. The van der Waals surface area contributed by atoms with Crippen LogP contribution in [0.5, 0.6) is 5.88 Å². The lowest BCUT2D eigenvalue weighted by atomic mass is 10.2. The van der Waals surface area contributed by atoms with Gasteiger partial charge in [-0.1, -0.05) is 17.7 Å². The summed E-state index contributed by atoms with van der Waals surface area (Å²) < 4.78 is 5.41. The second-order valence-electron chi connectivity index (χ2n) is 4.09. The monoisotopic (exact) mass is 290 g/mol. The lowest BCUT2D eigenvalue weighted by Gasteiger charge is -2.09. The van der Waals surface area contributed by atoms with E-state index in [9.17, 15) is 4.79 Å². The zero-order valence-electron chi connectivity index (χ0n) is 11.1. The molecular weight excluding hydrogens is 276 g/mol. The van der Waals surface area contributed by atoms with Crippen LogP contribution in [0, 0.1) is 0 Å². The largest absolute Gasteiger partial charge is 0.478 e. The molecule has 1 amide bonds. The number of aromatic nitrogens is 1. The average molecular weight is 291 g/mol. The van der Waals surface area contributed by atoms with Crippen molar-refractivity contribution in [2.75, 3.05) is 6.61 Å². The SMILES string of the molecule is CCOc1ncccc1CNC(=O)c1ccc(Cl)cc1. The van der Waals surface area contributed by atoms with Gasteiger partial charge >= 0.3 is 0 Å². The molecule has 0 aliphatic carbocycles. The summed E-state index contributed by atoms with van der Waals surface area (Å²) in [6.07, 6.45) is 1.66. The van der Waals surface area contributed by atoms with Gasteiger partial charge < -0.3 is 10.1 Å². The molecule has 0 saturated carbocycles. The van der Waals surface area contributed by atoms with Crippen LogP contribution in [0.1, 0.15) is 22.8 Å². The first kappa shape index (κ1) is 14.3. The van der Waals surface area contributed by atoms with Crippen molar-refractivity contribution in [1.82, 2.24) is 10.3 Å². The molecule has 0 aliphatic rings. The first-order chi connectivity index (χ1) is 9.70. The van der Waals surface area contributed by atoms with E-state index in [1.165, 1.54) is 0 Å². The van der Waals surface area contributed by atoms with Crippen LogP contribution < -0.4 is 10.1 Å². The topological polar surface area (TPSA) is 51.2 Å². The number of benzene rings is 1. The van der Waals surface area contributed by atoms with E-state index in [-0.39, 0.29) is 5.91 Å². The highest BCUT2D eigenvalue weighted by atomic mass is 35.5. The zero-order valence-corrected chi connectivity index (χ0v) is 11.9. The molecule has 4 nitrogen and oxygen atoms in total. The summed E-state index contributed by atoms with van der Waals surface area (Å²) in [6.45, 7) is 2.80. The van der Waals surface area contributed by atoms with Gasteiger partial charge in [0, 0.05) is 28.9 Å². The van der Waals surface area contributed by atoms with E-state index in [1.54, 1.807) is 30.5 Å². The molecule has 2 rings (SSSR count). The number of hydrogen-bond acceptors (Lipinski definition) is 3. The minimum atomic E-state index is -0.159. The van der Waals surface area contributed by atoms with Crippen molar-refractivity contribution in [2.24, 2.45) is 0 Å². The first-order valence-electron chi connectivity index (χ1n) is 6.31. The van der Waals surface area contributed by atoms with E-state index >= 15 is 0 Å². The number of pyridine rings is 1. The highest BCUT2D eigenvalue weighted by molar-refractivity contribution is 6.30. The van der Waals surface area contributed by atoms with Crippen LogP contribution >= 0.6 is 11.6 Å². The molecule has 0 unspecified atom stereocenters. The molecule has 1 aromatic heterocycles. The third kappa shape index (κ3) is 3.71. The maximum Gasteiger partial charge on any atom is 0.251 e. The van der Waals surface area contributed by atoms with Crippen molar-refractivity contribution in [3.63, 3.8) is 0 Å². The lowest BCUT2D eigenvalue weighted by molar-refractivity contribution is 0.0950. The Hall–Kier alpha value is -2.07. The van der Waals surface area contributed by atoms with Crippen LogP contribution in [0.4, 0.5) is 0 Å². The van der Waals surface area contributed by atoms with Gasteiger partial charge in [0.05, 0.1) is 6.61 Å². The number of rotatable bonds is 5. The maximum atomic E-state index is 12.0. The predicted octanol–water partition coefficient (Wildman–Crippen LogP) is 3.06. The van der Waals surface area contributed by atoms with E-state index in [0.717, 1.165) is 5.56 Å². The minimum Gasteiger partial charge on any atom is -0.478 e. The normalized spacial score (nSPS) is 10.1. The van der Waals surface area contributed by atoms with Crippen molar-refractivity contribution in [3.8, 4) is 5.88 Å². The second kappa shape index (κ2) is 6.91. The molecule has 1 aromatic carbocycles. The van der Waals surface area contributed by atoms with Gasteiger partial charge in [-0.15, -0.1) is 0 Å². The molecule has 0 fully saturated rings. The summed E-state index contributed by atoms with van der Waals surface area (Å²) in [5, 5.41) is 3.44. The van der Waals surface area contributed by atoms with E-state index in [0.29, 0.717) is 29.6 Å². The minimum absolute atomic E-state index is 0.159.